The maximum absolute atomic E-state index is 12.5. The quantitative estimate of drug-likeness (QED) is 0.735. The van der Waals surface area contributed by atoms with E-state index in [0.29, 0.717) is 22.8 Å². The van der Waals surface area contributed by atoms with Gasteiger partial charge in [0, 0.05) is 0 Å². The molecule has 2 aromatic carbocycles. The molecule has 0 saturated carbocycles. The molecule has 2 aromatic rings. The van der Waals surface area contributed by atoms with Gasteiger partial charge >= 0.3 is 5.97 Å². The first-order valence-corrected chi connectivity index (χ1v) is 9.58. The van der Waals surface area contributed by atoms with Crippen molar-refractivity contribution in [1.29, 1.82) is 0 Å². The minimum atomic E-state index is -0.563. The molecular formula is C24H25NO5. The third kappa shape index (κ3) is 5.29. The fourth-order valence-electron chi connectivity index (χ4n) is 3.03. The number of rotatable bonds is 6. The molecule has 1 aliphatic heterocycles. The first-order chi connectivity index (χ1) is 14.3. The van der Waals surface area contributed by atoms with Crippen LogP contribution in [0.4, 0.5) is 0 Å². The summed E-state index contributed by atoms with van der Waals surface area (Å²) in [5.74, 6) is 0.338. The second-order valence-electron chi connectivity index (χ2n) is 7.73. The molecular weight excluding hydrogens is 382 g/mol. The molecule has 6 heteroatoms. The SMILES string of the molecule is COC1=C(c2ccccc2)C(=O)N/C1=C\c1cccc(OCC(=O)OC(C)(C)C)c1. The lowest BCUT2D eigenvalue weighted by atomic mass is 10.1. The largest absolute Gasteiger partial charge is 0.494 e. The van der Waals surface area contributed by atoms with Gasteiger partial charge in [-0.25, -0.2) is 4.79 Å². The highest BCUT2D eigenvalue weighted by Gasteiger charge is 2.29. The topological polar surface area (TPSA) is 73.9 Å². The van der Waals surface area contributed by atoms with Gasteiger partial charge in [0.1, 0.15) is 11.4 Å². The smallest absolute Gasteiger partial charge is 0.344 e. The van der Waals surface area contributed by atoms with E-state index in [4.69, 9.17) is 14.2 Å². The third-order valence-electron chi connectivity index (χ3n) is 4.16. The van der Waals surface area contributed by atoms with Crippen molar-refractivity contribution >= 4 is 23.5 Å². The van der Waals surface area contributed by atoms with Gasteiger partial charge in [0.05, 0.1) is 18.4 Å². The van der Waals surface area contributed by atoms with Crippen LogP contribution in [0.1, 0.15) is 31.9 Å². The number of benzene rings is 2. The van der Waals surface area contributed by atoms with Crippen molar-refractivity contribution in [3.8, 4) is 5.75 Å². The van der Waals surface area contributed by atoms with Gasteiger partial charge in [0.15, 0.2) is 12.4 Å². The van der Waals surface area contributed by atoms with Gasteiger partial charge in [-0.15, -0.1) is 0 Å². The predicted octanol–water partition coefficient (Wildman–Crippen LogP) is 3.94. The Balaban J connectivity index is 1.80. The van der Waals surface area contributed by atoms with Crippen LogP contribution in [0.25, 0.3) is 11.6 Å². The summed E-state index contributed by atoms with van der Waals surface area (Å²) in [6, 6.07) is 16.6. The van der Waals surface area contributed by atoms with E-state index >= 15 is 0 Å². The standard InChI is InChI=1S/C24H25NO5/c1-24(2,3)30-20(26)15-29-18-12-8-9-16(13-18)14-19-22(28-4)21(23(27)25-19)17-10-6-5-7-11-17/h5-14H,15H2,1-4H3,(H,25,27)/b19-14-. The summed E-state index contributed by atoms with van der Waals surface area (Å²) in [6.45, 7) is 5.23. The van der Waals surface area contributed by atoms with Crippen LogP contribution in [0, 0.1) is 0 Å². The molecule has 156 valence electrons. The van der Waals surface area contributed by atoms with Crippen molar-refractivity contribution in [2.24, 2.45) is 0 Å². The molecule has 0 unspecified atom stereocenters. The molecule has 30 heavy (non-hydrogen) atoms. The van der Waals surface area contributed by atoms with E-state index in [9.17, 15) is 9.59 Å². The minimum absolute atomic E-state index is 0.185. The lowest BCUT2D eigenvalue weighted by Gasteiger charge is -2.19. The molecule has 6 nitrogen and oxygen atoms in total. The van der Waals surface area contributed by atoms with E-state index in [2.05, 4.69) is 5.32 Å². The second-order valence-corrected chi connectivity index (χ2v) is 7.73. The fraction of sp³-hybridized carbons (Fsp3) is 0.250. The maximum atomic E-state index is 12.5. The van der Waals surface area contributed by atoms with Crippen molar-refractivity contribution in [1.82, 2.24) is 5.32 Å². The summed E-state index contributed by atoms with van der Waals surface area (Å²) >= 11 is 0. The second kappa shape index (κ2) is 8.86. The summed E-state index contributed by atoms with van der Waals surface area (Å²) in [5.41, 5.74) is 2.06. The minimum Gasteiger partial charge on any atom is -0.494 e. The van der Waals surface area contributed by atoms with Gasteiger partial charge in [-0.1, -0.05) is 42.5 Å². The van der Waals surface area contributed by atoms with Gasteiger partial charge in [-0.2, -0.15) is 0 Å². The van der Waals surface area contributed by atoms with E-state index in [1.807, 2.05) is 42.5 Å². The van der Waals surface area contributed by atoms with Crippen molar-refractivity contribution < 1.29 is 23.8 Å². The van der Waals surface area contributed by atoms with E-state index < -0.39 is 11.6 Å². The van der Waals surface area contributed by atoms with Crippen molar-refractivity contribution in [3.63, 3.8) is 0 Å². The molecule has 0 spiro atoms. The summed E-state index contributed by atoms with van der Waals surface area (Å²) in [6.07, 6.45) is 1.80. The number of carbonyl (C=O) groups excluding carboxylic acids is 2. The number of ether oxygens (including phenoxy) is 3. The Morgan fingerprint density at radius 3 is 2.47 bits per heavy atom. The van der Waals surface area contributed by atoms with Crippen LogP contribution >= 0.6 is 0 Å². The van der Waals surface area contributed by atoms with Crippen molar-refractivity contribution in [3.05, 3.63) is 77.2 Å². The number of hydrogen-bond acceptors (Lipinski definition) is 5. The Morgan fingerprint density at radius 2 is 1.80 bits per heavy atom. The van der Waals surface area contributed by atoms with Gasteiger partial charge < -0.3 is 19.5 Å². The van der Waals surface area contributed by atoms with E-state index in [1.54, 1.807) is 39.0 Å². The summed E-state index contributed by atoms with van der Waals surface area (Å²) in [4.78, 5) is 24.4. The molecule has 1 aliphatic rings. The molecule has 3 rings (SSSR count). The number of carbonyl (C=O) groups is 2. The lowest BCUT2D eigenvalue weighted by molar-refractivity contribution is -0.157. The molecule has 1 N–H and O–H groups in total. The highest BCUT2D eigenvalue weighted by Crippen LogP contribution is 2.30. The van der Waals surface area contributed by atoms with Gasteiger partial charge in [-0.05, 0) is 50.1 Å². The third-order valence-corrected chi connectivity index (χ3v) is 4.16. The van der Waals surface area contributed by atoms with Crippen LogP contribution in [0.2, 0.25) is 0 Å². The highest BCUT2D eigenvalue weighted by atomic mass is 16.6. The number of amides is 1. The van der Waals surface area contributed by atoms with E-state index in [0.717, 1.165) is 11.1 Å². The number of nitrogens with one attached hydrogen (secondary N) is 1. The highest BCUT2D eigenvalue weighted by molar-refractivity contribution is 6.24. The van der Waals surface area contributed by atoms with Crippen LogP contribution in [-0.2, 0) is 19.1 Å². The van der Waals surface area contributed by atoms with Gasteiger partial charge in [0.2, 0.25) is 0 Å². The van der Waals surface area contributed by atoms with Crippen LogP contribution in [0.5, 0.6) is 5.75 Å². The van der Waals surface area contributed by atoms with Crippen LogP contribution < -0.4 is 10.1 Å². The zero-order valence-electron chi connectivity index (χ0n) is 17.5. The Morgan fingerprint density at radius 1 is 1.07 bits per heavy atom. The van der Waals surface area contributed by atoms with Gasteiger partial charge in [-0.3, -0.25) is 4.79 Å². The number of esters is 1. The lowest BCUT2D eigenvalue weighted by Crippen LogP contribution is -2.27. The zero-order valence-corrected chi connectivity index (χ0v) is 17.5. The number of hydrogen-bond donors (Lipinski definition) is 1. The first kappa shape index (κ1) is 21.2. The molecule has 0 aromatic heterocycles. The average molecular weight is 407 g/mol. The number of methoxy groups -OCH3 is 1. The van der Waals surface area contributed by atoms with Crippen LogP contribution in [0.3, 0.4) is 0 Å². The predicted molar refractivity (Wildman–Crippen MR) is 114 cm³/mol. The Hall–Kier alpha value is -3.54. The molecule has 0 fully saturated rings. The Labute approximate surface area is 176 Å². The summed E-state index contributed by atoms with van der Waals surface area (Å²) in [5, 5.41) is 2.86. The van der Waals surface area contributed by atoms with Gasteiger partial charge in [0.25, 0.3) is 5.91 Å². The first-order valence-electron chi connectivity index (χ1n) is 9.58. The average Bonchev–Trinajstić information content (AvgIpc) is 3.01. The normalized spacial score (nSPS) is 15.2. The van der Waals surface area contributed by atoms with Crippen LogP contribution in [-0.4, -0.2) is 31.2 Å². The fourth-order valence-corrected chi connectivity index (χ4v) is 3.03. The van der Waals surface area contributed by atoms with Crippen molar-refractivity contribution in [2.45, 2.75) is 26.4 Å². The molecule has 0 saturated heterocycles. The van der Waals surface area contributed by atoms with E-state index in [1.165, 1.54) is 7.11 Å². The molecule has 0 aliphatic carbocycles. The monoisotopic (exact) mass is 407 g/mol. The molecule has 0 radical (unpaired) electrons. The molecule has 1 amide bonds. The summed E-state index contributed by atoms with van der Waals surface area (Å²) in [7, 11) is 1.53. The van der Waals surface area contributed by atoms with Crippen molar-refractivity contribution in [2.75, 3.05) is 13.7 Å². The Bertz CT molecular complexity index is 1000. The maximum Gasteiger partial charge on any atom is 0.344 e. The summed E-state index contributed by atoms with van der Waals surface area (Å²) < 4.78 is 16.3. The molecule has 0 atom stereocenters. The Kier molecular flexibility index (Phi) is 6.26. The molecule has 0 bridgehead atoms. The van der Waals surface area contributed by atoms with Crippen LogP contribution in [0.15, 0.2) is 66.1 Å². The van der Waals surface area contributed by atoms with E-state index in [-0.39, 0.29) is 12.5 Å². The molecule has 1 heterocycles. The zero-order chi connectivity index (χ0) is 21.7.